The number of benzene rings is 2. The molecule has 2 aromatic carbocycles. The van der Waals surface area contributed by atoms with E-state index in [1.54, 1.807) is 24.3 Å². The van der Waals surface area contributed by atoms with Crippen LogP contribution in [0.2, 0.25) is 5.02 Å². The fraction of sp³-hybridized carbons (Fsp3) is 0.250. The summed E-state index contributed by atoms with van der Waals surface area (Å²) in [5, 5.41) is 3.31. The Morgan fingerprint density at radius 2 is 1.85 bits per heavy atom. The molecule has 106 valence electrons. The highest BCUT2D eigenvalue weighted by atomic mass is 35.5. The van der Waals surface area contributed by atoms with Crippen molar-refractivity contribution in [1.82, 2.24) is 5.32 Å². The van der Waals surface area contributed by atoms with Gasteiger partial charge >= 0.3 is 0 Å². The van der Waals surface area contributed by atoms with E-state index < -0.39 is 5.82 Å². The number of hydrogen-bond donors (Lipinski definition) is 1. The molecule has 0 spiro atoms. The van der Waals surface area contributed by atoms with Crippen molar-refractivity contribution in [3.63, 3.8) is 0 Å². The monoisotopic (exact) mass is 295 g/mol. The summed E-state index contributed by atoms with van der Waals surface area (Å²) >= 11 is 5.82. The average molecular weight is 296 g/mol. The highest BCUT2D eigenvalue weighted by molar-refractivity contribution is 6.30. The summed E-state index contributed by atoms with van der Waals surface area (Å²) in [6, 6.07) is 10.7. The molecule has 0 heterocycles. The Balaban J connectivity index is 2.41. The molecule has 2 rings (SSSR count). The number of hydrogen-bond acceptors (Lipinski definition) is 1. The van der Waals surface area contributed by atoms with E-state index in [9.17, 15) is 8.78 Å². The summed E-state index contributed by atoms with van der Waals surface area (Å²) in [4.78, 5) is 0. The maximum Gasteiger partial charge on any atom is 0.141 e. The molecule has 0 radical (unpaired) electrons. The molecule has 4 heteroatoms. The Morgan fingerprint density at radius 3 is 2.50 bits per heavy atom. The molecule has 1 atom stereocenters. The molecule has 1 N–H and O–H groups in total. The van der Waals surface area contributed by atoms with Crippen LogP contribution in [0.1, 0.15) is 30.5 Å². The maximum absolute atomic E-state index is 14.0. The zero-order valence-electron chi connectivity index (χ0n) is 11.2. The minimum Gasteiger partial charge on any atom is -0.306 e. The predicted octanol–water partition coefficient (Wildman–Crippen LogP) is 4.71. The van der Waals surface area contributed by atoms with Crippen LogP contribution >= 0.6 is 11.6 Å². The van der Waals surface area contributed by atoms with Crippen molar-refractivity contribution >= 4 is 11.6 Å². The van der Waals surface area contributed by atoms with Gasteiger partial charge in [-0.05, 0) is 36.7 Å². The van der Waals surface area contributed by atoms with E-state index in [0.29, 0.717) is 5.56 Å². The first-order valence-corrected chi connectivity index (χ1v) is 6.94. The topological polar surface area (TPSA) is 12.0 Å². The normalized spacial score (nSPS) is 12.4. The first kappa shape index (κ1) is 14.9. The Labute approximate surface area is 122 Å². The van der Waals surface area contributed by atoms with Crippen molar-refractivity contribution in [2.24, 2.45) is 0 Å². The third-order valence-corrected chi connectivity index (χ3v) is 3.38. The molecule has 1 nitrogen and oxygen atoms in total. The van der Waals surface area contributed by atoms with E-state index in [-0.39, 0.29) is 16.9 Å². The van der Waals surface area contributed by atoms with Crippen LogP contribution in [0.4, 0.5) is 8.78 Å². The zero-order valence-corrected chi connectivity index (χ0v) is 11.9. The van der Waals surface area contributed by atoms with Gasteiger partial charge in [0.05, 0.1) is 11.1 Å². The van der Waals surface area contributed by atoms with Crippen molar-refractivity contribution in [2.75, 3.05) is 6.54 Å². The lowest BCUT2D eigenvalue weighted by Crippen LogP contribution is -2.24. The molecule has 0 aromatic heterocycles. The number of rotatable bonds is 5. The molecule has 0 aliphatic heterocycles. The standard InChI is InChI=1S/C16H16ClF2N/c1-2-9-20-16(12-5-3-4-6-14(12)18)11-7-8-15(19)13(17)10-11/h3-8,10,16,20H,2,9H2,1H3. The van der Waals surface area contributed by atoms with Gasteiger partial charge in [0.25, 0.3) is 0 Å². The molecule has 20 heavy (non-hydrogen) atoms. The summed E-state index contributed by atoms with van der Waals surface area (Å²) in [5.74, 6) is -0.764. The summed E-state index contributed by atoms with van der Waals surface area (Å²) < 4.78 is 27.3. The Kier molecular flexibility index (Phi) is 5.10. The summed E-state index contributed by atoms with van der Waals surface area (Å²) in [6.45, 7) is 2.76. The predicted molar refractivity (Wildman–Crippen MR) is 77.9 cm³/mol. The fourth-order valence-electron chi connectivity index (χ4n) is 2.10. The van der Waals surface area contributed by atoms with Gasteiger partial charge in [0.1, 0.15) is 11.6 Å². The summed E-state index contributed by atoms with van der Waals surface area (Å²) in [7, 11) is 0. The number of nitrogens with one attached hydrogen (secondary N) is 1. The van der Waals surface area contributed by atoms with Crippen LogP contribution in [-0.4, -0.2) is 6.54 Å². The second kappa shape index (κ2) is 6.82. The van der Waals surface area contributed by atoms with Crippen molar-refractivity contribution in [3.8, 4) is 0 Å². The smallest absolute Gasteiger partial charge is 0.141 e. The highest BCUT2D eigenvalue weighted by Crippen LogP contribution is 2.27. The van der Waals surface area contributed by atoms with E-state index in [4.69, 9.17) is 11.6 Å². The highest BCUT2D eigenvalue weighted by Gasteiger charge is 2.17. The van der Waals surface area contributed by atoms with Crippen LogP contribution in [0.15, 0.2) is 42.5 Å². The van der Waals surface area contributed by atoms with E-state index in [2.05, 4.69) is 5.32 Å². The van der Waals surface area contributed by atoms with Crippen LogP contribution in [0.5, 0.6) is 0 Å². The van der Waals surface area contributed by atoms with Gasteiger partial charge in [0.2, 0.25) is 0 Å². The van der Waals surface area contributed by atoms with Gasteiger partial charge in [-0.2, -0.15) is 0 Å². The molecule has 0 aliphatic carbocycles. The minimum absolute atomic E-state index is 0.0436. The van der Waals surface area contributed by atoms with Gasteiger partial charge in [0.15, 0.2) is 0 Å². The Hall–Kier alpha value is -1.45. The summed E-state index contributed by atoms with van der Waals surface area (Å²) in [5.41, 5.74) is 1.28. The van der Waals surface area contributed by atoms with E-state index in [0.717, 1.165) is 18.5 Å². The SMILES string of the molecule is CCCNC(c1ccc(F)c(Cl)c1)c1ccccc1F. The fourth-order valence-corrected chi connectivity index (χ4v) is 2.29. The summed E-state index contributed by atoms with van der Waals surface area (Å²) in [6.07, 6.45) is 0.917. The number of halogens is 3. The lowest BCUT2D eigenvalue weighted by molar-refractivity contribution is 0.545. The molecule has 1 unspecified atom stereocenters. The zero-order chi connectivity index (χ0) is 14.5. The van der Waals surface area contributed by atoms with Crippen molar-refractivity contribution in [2.45, 2.75) is 19.4 Å². The molecule has 0 fully saturated rings. The van der Waals surface area contributed by atoms with Gasteiger partial charge in [-0.3, -0.25) is 0 Å². The largest absolute Gasteiger partial charge is 0.306 e. The van der Waals surface area contributed by atoms with E-state index in [1.807, 2.05) is 6.92 Å². The quantitative estimate of drug-likeness (QED) is 0.842. The van der Waals surface area contributed by atoms with Crippen molar-refractivity contribution in [3.05, 3.63) is 70.2 Å². The van der Waals surface area contributed by atoms with Crippen molar-refractivity contribution < 1.29 is 8.78 Å². The molecule has 0 aliphatic rings. The second-order valence-corrected chi connectivity index (χ2v) is 4.99. The minimum atomic E-state index is -0.474. The molecule has 0 bridgehead atoms. The molecular weight excluding hydrogens is 280 g/mol. The van der Waals surface area contributed by atoms with Crippen LogP contribution in [0, 0.1) is 11.6 Å². The lowest BCUT2D eigenvalue weighted by atomic mass is 9.98. The van der Waals surface area contributed by atoms with Crippen LogP contribution in [0.3, 0.4) is 0 Å². The molecule has 0 saturated heterocycles. The van der Waals surface area contributed by atoms with Gasteiger partial charge in [-0.1, -0.05) is 42.8 Å². The van der Waals surface area contributed by atoms with Gasteiger partial charge in [-0.25, -0.2) is 8.78 Å². The van der Waals surface area contributed by atoms with Crippen LogP contribution in [0.25, 0.3) is 0 Å². The third kappa shape index (κ3) is 3.35. The Morgan fingerprint density at radius 1 is 1.10 bits per heavy atom. The third-order valence-electron chi connectivity index (χ3n) is 3.09. The molecule has 2 aromatic rings. The van der Waals surface area contributed by atoms with Crippen LogP contribution < -0.4 is 5.32 Å². The van der Waals surface area contributed by atoms with Crippen LogP contribution in [-0.2, 0) is 0 Å². The molecule has 0 amide bonds. The second-order valence-electron chi connectivity index (χ2n) is 4.58. The molecule has 0 saturated carbocycles. The van der Waals surface area contributed by atoms with Gasteiger partial charge < -0.3 is 5.32 Å². The maximum atomic E-state index is 14.0. The van der Waals surface area contributed by atoms with E-state index in [1.165, 1.54) is 18.2 Å². The molecular formula is C16H16ClF2N. The average Bonchev–Trinajstić information content (AvgIpc) is 2.44. The first-order chi connectivity index (χ1) is 9.63. The van der Waals surface area contributed by atoms with Crippen molar-refractivity contribution in [1.29, 1.82) is 0 Å². The lowest BCUT2D eigenvalue weighted by Gasteiger charge is -2.20. The van der Waals surface area contributed by atoms with Gasteiger partial charge in [-0.15, -0.1) is 0 Å². The Bertz CT molecular complexity index is 586. The van der Waals surface area contributed by atoms with E-state index >= 15 is 0 Å². The van der Waals surface area contributed by atoms with Gasteiger partial charge in [0, 0.05) is 5.56 Å². The first-order valence-electron chi connectivity index (χ1n) is 6.56.